The summed E-state index contributed by atoms with van der Waals surface area (Å²) in [4.78, 5) is 0. The van der Waals surface area contributed by atoms with Gasteiger partial charge in [-0.05, 0) is 62.1 Å². The van der Waals surface area contributed by atoms with Crippen molar-refractivity contribution in [1.29, 1.82) is 5.26 Å². The fraction of sp³-hybridized carbons (Fsp3) is 0.389. The van der Waals surface area contributed by atoms with Crippen LogP contribution in [0.2, 0.25) is 0 Å². The lowest BCUT2D eigenvalue weighted by Gasteiger charge is -2.27. The van der Waals surface area contributed by atoms with E-state index in [0.29, 0.717) is 5.92 Å². The van der Waals surface area contributed by atoms with Crippen molar-refractivity contribution in [3.63, 3.8) is 0 Å². The average Bonchev–Trinajstić information content (AvgIpc) is 2.47. The van der Waals surface area contributed by atoms with E-state index >= 15 is 0 Å². The van der Waals surface area contributed by atoms with Crippen LogP contribution in [0.15, 0.2) is 36.4 Å². The molecule has 1 aliphatic rings. The molecular formula is C18H19N. The molecule has 1 aromatic rings. The normalized spacial score (nSPS) is 22.5. The van der Waals surface area contributed by atoms with Crippen LogP contribution >= 0.6 is 0 Å². The molecule has 1 saturated carbocycles. The number of rotatable bonds is 2. The van der Waals surface area contributed by atoms with Gasteiger partial charge in [-0.25, -0.2) is 0 Å². The zero-order valence-electron chi connectivity index (χ0n) is 11.4. The van der Waals surface area contributed by atoms with Gasteiger partial charge in [0.05, 0.1) is 0 Å². The monoisotopic (exact) mass is 249 g/mol. The largest absolute Gasteiger partial charge is 0.183 e. The highest BCUT2D eigenvalue weighted by Crippen LogP contribution is 2.36. The van der Waals surface area contributed by atoms with Gasteiger partial charge in [0.1, 0.15) is 0 Å². The van der Waals surface area contributed by atoms with Gasteiger partial charge < -0.3 is 0 Å². The Morgan fingerprint density at radius 3 is 2.37 bits per heavy atom. The van der Waals surface area contributed by atoms with Gasteiger partial charge in [-0.2, -0.15) is 5.26 Å². The molecule has 0 aliphatic heterocycles. The Balaban J connectivity index is 1.98. The first-order valence-corrected chi connectivity index (χ1v) is 6.96. The van der Waals surface area contributed by atoms with Crippen molar-refractivity contribution in [3.05, 3.63) is 47.5 Å². The molecule has 0 spiro atoms. The molecule has 1 heteroatoms. The second kappa shape index (κ2) is 6.81. The number of nitrogens with zero attached hydrogens (tertiary/aromatic N) is 1. The summed E-state index contributed by atoms with van der Waals surface area (Å²) in [5.74, 6) is 6.73. The number of nitriles is 1. The van der Waals surface area contributed by atoms with Crippen LogP contribution in [0.25, 0.3) is 0 Å². The molecular weight excluding hydrogens is 230 g/mol. The molecule has 1 aromatic carbocycles. The predicted molar refractivity (Wildman–Crippen MR) is 78.4 cm³/mol. The quantitative estimate of drug-likeness (QED) is 0.562. The standard InChI is InChI=1S/C18H19N/c1-2-4-15-6-10-17(11-7-15)18-12-8-16(9-13-18)5-3-14-19/h2,4,8-9,12-13,15,17H,6-7,10-11H2,1H3. The Morgan fingerprint density at radius 1 is 1.11 bits per heavy atom. The van der Waals surface area contributed by atoms with Crippen molar-refractivity contribution < 1.29 is 0 Å². The molecule has 0 aromatic heterocycles. The zero-order valence-corrected chi connectivity index (χ0v) is 11.4. The van der Waals surface area contributed by atoms with Crippen molar-refractivity contribution in [2.75, 3.05) is 0 Å². The minimum absolute atomic E-state index is 0.694. The highest BCUT2D eigenvalue weighted by Gasteiger charge is 2.20. The first-order chi connectivity index (χ1) is 9.33. The lowest BCUT2D eigenvalue weighted by Crippen LogP contribution is -2.11. The summed E-state index contributed by atoms with van der Waals surface area (Å²) in [6.45, 7) is 2.10. The smallest absolute Gasteiger partial charge is 0.152 e. The van der Waals surface area contributed by atoms with Crippen LogP contribution in [-0.4, -0.2) is 0 Å². The summed E-state index contributed by atoms with van der Waals surface area (Å²) in [5.41, 5.74) is 2.34. The second-order valence-corrected chi connectivity index (χ2v) is 5.12. The second-order valence-electron chi connectivity index (χ2n) is 5.12. The summed E-state index contributed by atoms with van der Waals surface area (Å²) < 4.78 is 0. The van der Waals surface area contributed by atoms with Gasteiger partial charge in [0, 0.05) is 11.5 Å². The van der Waals surface area contributed by atoms with Gasteiger partial charge in [0.25, 0.3) is 0 Å². The van der Waals surface area contributed by atoms with Gasteiger partial charge in [0.2, 0.25) is 0 Å². The molecule has 1 nitrogen and oxygen atoms in total. The van der Waals surface area contributed by atoms with Crippen molar-refractivity contribution in [1.82, 2.24) is 0 Å². The third-order valence-corrected chi connectivity index (χ3v) is 3.88. The van der Waals surface area contributed by atoms with Crippen LogP contribution in [0, 0.1) is 29.1 Å². The SMILES string of the molecule is CC=CC1CCC(c2ccc(C#CC#N)cc2)CC1. The highest BCUT2D eigenvalue weighted by molar-refractivity contribution is 5.39. The molecule has 0 heterocycles. The summed E-state index contributed by atoms with van der Waals surface area (Å²) in [5, 5.41) is 8.43. The molecule has 1 fully saturated rings. The minimum atomic E-state index is 0.694. The molecule has 0 amide bonds. The van der Waals surface area contributed by atoms with Gasteiger partial charge >= 0.3 is 0 Å². The van der Waals surface area contributed by atoms with Crippen LogP contribution < -0.4 is 0 Å². The number of benzene rings is 1. The van der Waals surface area contributed by atoms with Crippen molar-refractivity contribution in [2.24, 2.45) is 5.92 Å². The summed E-state index contributed by atoms with van der Waals surface area (Å²) in [6.07, 6.45) is 9.66. The molecule has 0 unspecified atom stereocenters. The third-order valence-electron chi connectivity index (χ3n) is 3.88. The number of allylic oxidation sites excluding steroid dienone is 2. The molecule has 0 atom stereocenters. The highest BCUT2D eigenvalue weighted by atomic mass is 14.2. The Kier molecular flexibility index (Phi) is 4.82. The Labute approximate surface area is 116 Å². The van der Waals surface area contributed by atoms with Crippen LogP contribution in [-0.2, 0) is 0 Å². The Morgan fingerprint density at radius 2 is 1.79 bits per heavy atom. The minimum Gasteiger partial charge on any atom is -0.183 e. The van der Waals surface area contributed by atoms with Crippen molar-refractivity contribution in [2.45, 2.75) is 38.5 Å². The van der Waals surface area contributed by atoms with Crippen LogP contribution in [0.5, 0.6) is 0 Å². The van der Waals surface area contributed by atoms with Gasteiger partial charge in [-0.15, -0.1) is 0 Å². The third kappa shape index (κ3) is 3.73. The van der Waals surface area contributed by atoms with Crippen LogP contribution in [0.4, 0.5) is 0 Å². The van der Waals surface area contributed by atoms with Gasteiger partial charge in [-0.3, -0.25) is 0 Å². The predicted octanol–water partition coefficient (Wildman–Crippen LogP) is 4.41. The summed E-state index contributed by atoms with van der Waals surface area (Å²) in [7, 11) is 0. The maximum atomic E-state index is 8.43. The molecule has 1 aliphatic carbocycles. The average molecular weight is 249 g/mol. The van der Waals surface area contributed by atoms with E-state index in [1.165, 1.54) is 31.2 Å². The molecule has 2 rings (SSSR count). The van der Waals surface area contributed by atoms with Crippen LogP contribution in [0.1, 0.15) is 49.7 Å². The summed E-state index contributed by atoms with van der Waals surface area (Å²) in [6, 6.07) is 10.2. The van der Waals surface area contributed by atoms with Gasteiger partial charge in [0.15, 0.2) is 6.07 Å². The van der Waals surface area contributed by atoms with Crippen LogP contribution in [0.3, 0.4) is 0 Å². The number of hydrogen-bond acceptors (Lipinski definition) is 1. The maximum absolute atomic E-state index is 8.43. The lowest BCUT2D eigenvalue weighted by molar-refractivity contribution is 0.375. The molecule has 0 N–H and O–H groups in total. The molecule has 19 heavy (non-hydrogen) atoms. The first kappa shape index (κ1) is 13.4. The Bertz CT molecular complexity index is 526. The Hall–Kier alpha value is -1.99. The van der Waals surface area contributed by atoms with E-state index in [2.05, 4.69) is 43.0 Å². The fourth-order valence-electron chi connectivity index (χ4n) is 2.86. The molecule has 96 valence electrons. The molecule has 0 radical (unpaired) electrons. The van der Waals surface area contributed by atoms with Gasteiger partial charge in [-0.1, -0.05) is 30.2 Å². The van der Waals surface area contributed by atoms with E-state index in [4.69, 9.17) is 5.26 Å². The first-order valence-electron chi connectivity index (χ1n) is 6.96. The summed E-state index contributed by atoms with van der Waals surface area (Å²) >= 11 is 0. The van der Waals surface area contributed by atoms with E-state index in [1.807, 2.05) is 18.2 Å². The lowest BCUT2D eigenvalue weighted by atomic mass is 9.78. The topological polar surface area (TPSA) is 23.8 Å². The fourth-order valence-corrected chi connectivity index (χ4v) is 2.86. The zero-order chi connectivity index (χ0) is 13.5. The molecule has 0 bridgehead atoms. The van der Waals surface area contributed by atoms with Crippen molar-refractivity contribution >= 4 is 0 Å². The molecule has 0 saturated heterocycles. The van der Waals surface area contributed by atoms with E-state index in [0.717, 1.165) is 11.5 Å². The van der Waals surface area contributed by atoms with E-state index in [1.54, 1.807) is 0 Å². The van der Waals surface area contributed by atoms with E-state index in [9.17, 15) is 0 Å². The van der Waals surface area contributed by atoms with Crippen molar-refractivity contribution in [3.8, 4) is 17.9 Å². The van der Waals surface area contributed by atoms with E-state index < -0.39 is 0 Å². The maximum Gasteiger partial charge on any atom is 0.152 e. The number of hydrogen-bond donors (Lipinski definition) is 0. The van der Waals surface area contributed by atoms with E-state index in [-0.39, 0.29) is 0 Å².